The molecular weight excluding hydrogens is 242 g/mol. The van der Waals surface area contributed by atoms with Gasteiger partial charge in [-0.3, -0.25) is 0 Å². The van der Waals surface area contributed by atoms with Crippen LogP contribution in [0.15, 0.2) is 36.4 Å². The minimum atomic E-state index is 0.204. The summed E-state index contributed by atoms with van der Waals surface area (Å²) in [4.78, 5) is 0. The Balaban J connectivity index is 2.36. The first kappa shape index (κ1) is 14.6. The van der Waals surface area contributed by atoms with Gasteiger partial charge in [0.05, 0.1) is 0 Å². The molecule has 0 spiro atoms. The lowest BCUT2D eigenvalue weighted by atomic mass is 9.83. The van der Waals surface area contributed by atoms with E-state index in [0.29, 0.717) is 0 Å². The van der Waals surface area contributed by atoms with Gasteiger partial charge >= 0.3 is 0 Å². The number of anilines is 1. The molecule has 0 aromatic heterocycles. The zero-order valence-corrected chi connectivity index (χ0v) is 13.2. The van der Waals surface area contributed by atoms with Crippen LogP contribution in [0.2, 0.25) is 0 Å². The van der Waals surface area contributed by atoms with E-state index in [1.165, 1.54) is 27.8 Å². The third-order valence-electron chi connectivity index (χ3n) is 3.92. The summed E-state index contributed by atoms with van der Waals surface area (Å²) in [7, 11) is 0. The van der Waals surface area contributed by atoms with Crippen LogP contribution in [0.1, 0.15) is 48.6 Å². The molecule has 2 aromatic carbocycles. The van der Waals surface area contributed by atoms with E-state index in [-0.39, 0.29) is 5.41 Å². The van der Waals surface area contributed by atoms with Crippen molar-refractivity contribution in [2.24, 2.45) is 0 Å². The van der Waals surface area contributed by atoms with Crippen molar-refractivity contribution in [3.05, 3.63) is 64.2 Å². The number of rotatable bonds is 2. The Labute approximate surface area is 122 Å². The molecule has 0 bridgehead atoms. The molecule has 1 heteroatoms. The van der Waals surface area contributed by atoms with Gasteiger partial charge in [0.25, 0.3) is 0 Å². The van der Waals surface area contributed by atoms with Gasteiger partial charge in [-0.25, -0.2) is 0 Å². The second-order valence-electron chi connectivity index (χ2n) is 6.76. The number of nitrogen functional groups attached to an aromatic ring is 1. The van der Waals surface area contributed by atoms with Crippen molar-refractivity contribution in [1.29, 1.82) is 0 Å². The Kier molecular flexibility index (Phi) is 3.89. The van der Waals surface area contributed by atoms with Crippen LogP contribution >= 0.6 is 0 Å². The molecule has 0 aliphatic rings. The topological polar surface area (TPSA) is 26.0 Å². The Morgan fingerprint density at radius 1 is 0.900 bits per heavy atom. The second-order valence-corrected chi connectivity index (χ2v) is 6.76. The van der Waals surface area contributed by atoms with Gasteiger partial charge in [0.2, 0.25) is 0 Å². The molecule has 0 saturated heterocycles. The number of benzene rings is 2. The van der Waals surface area contributed by atoms with E-state index in [1.54, 1.807) is 0 Å². The van der Waals surface area contributed by atoms with Crippen molar-refractivity contribution in [3.8, 4) is 0 Å². The van der Waals surface area contributed by atoms with Crippen LogP contribution in [-0.4, -0.2) is 0 Å². The van der Waals surface area contributed by atoms with Crippen LogP contribution in [0.5, 0.6) is 0 Å². The Morgan fingerprint density at radius 2 is 1.40 bits per heavy atom. The summed E-state index contributed by atoms with van der Waals surface area (Å²) in [6.07, 6.45) is 0.975. The average molecular weight is 267 g/mol. The van der Waals surface area contributed by atoms with E-state index in [0.717, 1.165) is 12.1 Å². The predicted molar refractivity (Wildman–Crippen MR) is 88.3 cm³/mol. The lowest BCUT2D eigenvalue weighted by Gasteiger charge is -2.22. The third kappa shape index (κ3) is 3.22. The van der Waals surface area contributed by atoms with Crippen molar-refractivity contribution in [3.63, 3.8) is 0 Å². The summed E-state index contributed by atoms with van der Waals surface area (Å²) < 4.78 is 0. The molecule has 2 N–H and O–H groups in total. The van der Waals surface area contributed by atoms with Gasteiger partial charge in [-0.1, -0.05) is 45.0 Å². The van der Waals surface area contributed by atoms with Crippen LogP contribution in [0.25, 0.3) is 0 Å². The summed E-state index contributed by atoms with van der Waals surface area (Å²) in [6, 6.07) is 12.9. The summed E-state index contributed by atoms with van der Waals surface area (Å²) in [5.74, 6) is 0. The monoisotopic (exact) mass is 267 g/mol. The molecule has 0 heterocycles. The molecule has 0 radical (unpaired) electrons. The van der Waals surface area contributed by atoms with Crippen molar-refractivity contribution >= 4 is 5.69 Å². The number of hydrogen-bond acceptors (Lipinski definition) is 1. The minimum Gasteiger partial charge on any atom is -0.399 e. The lowest BCUT2D eigenvalue weighted by molar-refractivity contribution is 0.589. The zero-order valence-electron chi connectivity index (χ0n) is 13.2. The highest BCUT2D eigenvalue weighted by Crippen LogP contribution is 2.28. The molecule has 0 unspecified atom stereocenters. The molecule has 0 fully saturated rings. The van der Waals surface area contributed by atoms with Crippen LogP contribution in [0.3, 0.4) is 0 Å². The highest BCUT2D eigenvalue weighted by Gasteiger charge is 2.16. The quantitative estimate of drug-likeness (QED) is 0.779. The number of nitrogens with two attached hydrogens (primary N) is 1. The molecule has 2 aromatic rings. The highest BCUT2D eigenvalue weighted by atomic mass is 14.5. The van der Waals surface area contributed by atoms with Crippen molar-refractivity contribution in [2.45, 2.75) is 46.5 Å². The van der Waals surface area contributed by atoms with Crippen LogP contribution in [-0.2, 0) is 11.8 Å². The maximum Gasteiger partial charge on any atom is 0.0314 e. The summed E-state index contributed by atoms with van der Waals surface area (Å²) in [6.45, 7) is 11.2. The van der Waals surface area contributed by atoms with Crippen LogP contribution in [0.4, 0.5) is 5.69 Å². The van der Waals surface area contributed by atoms with Crippen LogP contribution in [0, 0.1) is 13.8 Å². The normalized spacial score (nSPS) is 11.7. The highest BCUT2D eigenvalue weighted by molar-refractivity contribution is 5.45. The first-order chi connectivity index (χ1) is 9.27. The van der Waals surface area contributed by atoms with E-state index in [9.17, 15) is 0 Å². The predicted octanol–water partition coefficient (Wildman–Crippen LogP) is 4.77. The Bertz CT molecular complexity index is 578. The Hall–Kier alpha value is -1.76. The molecule has 106 valence electrons. The first-order valence-electron chi connectivity index (χ1n) is 7.22. The maximum absolute atomic E-state index is 5.75. The van der Waals surface area contributed by atoms with Crippen molar-refractivity contribution in [1.82, 2.24) is 0 Å². The van der Waals surface area contributed by atoms with Gasteiger partial charge in [-0.05, 0) is 65.6 Å². The smallest absolute Gasteiger partial charge is 0.0314 e. The fraction of sp³-hybridized carbons (Fsp3) is 0.368. The van der Waals surface area contributed by atoms with Gasteiger partial charge in [-0.2, -0.15) is 0 Å². The van der Waals surface area contributed by atoms with Gasteiger partial charge in [0, 0.05) is 5.69 Å². The van der Waals surface area contributed by atoms with Crippen molar-refractivity contribution < 1.29 is 0 Å². The summed E-state index contributed by atoms with van der Waals surface area (Å²) >= 11 is 0. The van der Waals surface area contributed by atoms with E-state index in [4.69, 9.17) is 5.73 Å². The number of hydrogen-bond donors (Lipinski definition) is 1. The molecule has 20 heavy (non-hydrogen) atoms. The molecule has 0 atom stereocenters. The summed E-state index contributed by atoms with van der Waals surface area (Å²) in [5.41, 5.74) is 13.7. The summed E-state index contributed by atoms with van der Waals surface area (Å²) in [5, 5.41) is 0. The molecule has 1 nitrogen and oxygen atoms in total. The minimum absolute atomic E-state index is 0.204. The maximum atomic E-state index is 5.75. The van der Waals surface area contributed by atoms with Gasteiger partial charge in [-0.15, -0.1) is 0 Å². The van der Waals surface area contributed by atoms with E-state index in [2.05, 4.69) is 58.9 Å². The fourth-order valence-corrected chi connectivity index (χ4v) is 2.54. The van der Waals surface area contributed by atoms with Gasteiger partial charge in [0.1, 0.15) is 0 Å². The molecule has 0 amide bonds. The van der Waals surface area contributed by atoms with Crippen LogP contribution < -0.4 is 5.73 Å². The zero-order chi connectivity index (χ0) is 14.9. The van der Waals surface area contributed by atoms with Crippen molar-refractivity contribution in [2.75, 3.05) is 5.73 Å². The molecular formula is C19H25N. The van der Waals surface area contributed by atoms with E-state index < -0.39 is 0 Å². The van der Waals surface area contributed by atoms with E-state index >= 15 is 0 Å². The SMILES string of the molecule is Cc1cc(C(C)(C)C)cc(C)c1Cc1ccc(N)cc1. The first-order valence-corrected chi connectivity index (χ1v) is 7.22. The molecule has 0 aliphatic carbocycles. The lowest BCUT2D eigenvalue weighted by Crippen LogP contribution is -2.12. The van der Waals surface area contributed by atoms with Gasteiger partial charge in [0.15, 0.2) is 0 Å². The largest absolute Gasteiger partial charge is 0.399 e. The van der Waals surface area contributed by atoms with E-state index in [1.807, 2.05) is 12.1 Å². The second kappa shape index (κ2) is 5.32. The molecule has 0 aliphatic heterocycles. The third-order valence-corrected chi connectivity index (χ3v) is 3.92. The number of aryl methyl sites for hydroxylation is 2. The average Bonchev–Trinajstić information content (AvgIpc) is 2.34. The molecule has 2 rings (SSSR count). The standard InChI is InChI=1S/C19H25N/c1-13-10-16(19(3,4)5)11-14(2)18(13)12-15-6-8-17(20)9-7-15/h6-11H,12,20H2,1-5H3. The molecule has 0 saturated carbocycles. The fourth-order valence-electron chi connectivity index (χ4n) is 2.54. The Morgan fingerprint density at radius 3 is 1.85 bits per heavy atom. The van der Waals surface area contributed by atoms with Gasteiger partial charge < -0.3 is 5.73 Å².